The molecule has 2 rings (SSSR count). The Morgan fingerprint density at radius 1 is 1.09 bits per heavy atom. The average Bonchev–Trinajstić information content (AvgIpc) is 2.46. The third kappa shape index (κ3) is 3.04. The van der Waals surface area contributed by atoms with Gasteiger partial charge in [-0.2, -0.15) is 0 Å². The first-order valence-electron chi connectivity index (χ1n) is 7.36. The van der Waals surface area contributed by atoms with Gasteiger partial charge in [-0.25, -0.2) is 4.79 Å². The lowest BCUT2D eigenvalue weighted by Crippen LogP contribution is -2.63. The second kappa shape index (κ2) is 5.73. The molecule has 9 nitrogen and oxygen atoms in total. The Morgan fingerprint density at radius 3 is 2.17 bits per heavy atom. The smallest absolute Gasteiger partial charge is 0.416 e. The lowest BCUT2D eigenvalue weighted by Gasteiger charge is -2.43. The van der Waals surface area contributed by atoms with Crippen molar-refractivity contribution in [1.29, 1.82) is 0 Å². The summed E-state index contributed by atoms with van der Waals surface area (Å²) in [4.78, 5) is 36.0. The number of hydrogen-bond acceptors (Lipinski definition) is 9. The minimum Gasteiger partial charge on any atom is -0.447 e. The summed E-state index contributed by atoms with van der Waals surface area (Å²) in [5.41, 5.74) is -4.32. The maximum Gasteiger partial charge on any atom is 0.416 e. The minimum atomic E-state index is -2.87. The fraction of sp³-hybridized carbons (Fsp3) is 0.786. The van der Waals surface area contributed by atoms with E-state index in [2.05, 4.69) is 0 Å². The standard InChI is InChI=1S/C14H20O9/c1-3-13(5-4-8(2)15)14(20)22-10(17)7-12(19,11(18)23-14)6-9(16)21-13/h8,15,19-20H,3-7H2,1-2H3. The van der Waals surface area contributed by atoms with Crippen LogP contribution in [0.15, 0.2) is 0 Å². The predicted octanol–water partition coefficient (Wildman–Crippen LogP) is -0.890. The van der Waals surface area contributed by atoms with Crippen LogP contribution in [0.3, 0.4) is 0 Å². The normalized spacial score (nSPS) is 38.7. The molecule has 0 radical (unpaired) electrons. The van der Waals surface area contributed by atoms with E-state index in [-0.39, 0.29) is 19.3 Å². The molecule has 0 aromatic heterocycles. The van der Waals surface area contributed by atoms with E-state index < -0.39 is 54.0 Å². The van der Waals surface area contributed by atoms with Crippen LogP contribution in [0.1, 0.15) is 46.0 Å². The highest BCUT2D eigenvalue weighted by molar-refractivity contribution is 5.92. The van der Waals surface area contributed by atoms with Gasteiger partial charge in [-0.05, 0) is 19.8 Å². The number of carbonyl (C=O) groups excluding carboxylic acids is 3. The van der Waals surface area contributed by atoms with Gasteiger partial charge in [0.05, 0.1) is 18.9 Å². The van der Waals surface area contributed by atoms with Crippen molar-refractivity contribution in [3.05, 3.63) is 0 Å². The Balaban J connectivity index is 2.52. The van der Waals surface area contributed by atoms with Crippen molar-refractivity contribution >= 4 is 17.9 Å². The van der Waals surface area contributed by atoms with Crippen molar-refractivity contribution in [2.45, 2.75) is 69.2 Å². The van der Waals surface area contributed by atoms with E-state index in [9.17, 15) is 29.7 Å². The third-order valence-electron chi connectivity index (χ3n) is 4.16. The van der Waals surface area contributed by atoms with E-state index >= 15 is 0 Å². The fourth-order valence-corrected chi connectivity index (χ4v) is 2.74. The van der Waals surface area contributed by atoms with E-state index in [1.54, 1.807) is 0 Å². The molecule has 23 heavy (non-hydrogen) atoms. The quantitative estimate of drug-likeness (QED) is 0.559. The summed E-state index contributed by atoms with van der Waals surface area (Å²) in [7, 11) is 0. The maximum absolute atomic E-state index is 12.1. The molecule has 130 valence electrons. The molecule has 4 unspecified atom stereocenters. The molecule has 0 saturated carbocycles. The largest absolute Gasteiger partial charge is 0.447 e. The Bertz CT molecular complexity index is 530. The van der Waals surface area contributed by atoms with Gasteiger partial charge >= 0.3 is 23.9 Å². The Hall–Kier alpha value is -1.71. The minimum absolute atomic E-state index is 0.0546. The van der Waals surface area contributed by atoms with Gasteiger partial charge < -0.3 is 29.5 Å². The highest BCUT2D eigenvalue weighted by atomic mass is 16.9. The summed E-state index contributed by atoms with van der Waals surface area (Å²) < 4.78 is 14.9. The van der Waals surface area contributed by atoms with Crippen LogP contribution in [0.2, 0.25) is 0 Å². The molecule has 4 atom stereocenters. The van der Waals surface area contributed by atoms with Gasteiger partial charge in [-0.1, -0.05) is 6.92 Å². The van der Waals surface area contributed by atoms with Gasteiger partial charge in [0.1, 0.15) is 0 Å². The SMILES string of the molecule is CCC1(CCC(C)O)OC(=O)CC2(O)CC(=O)OC1(O)OC2=O. The van der Waals surface area contributed by atoms with Gasteiger partial charge in [-0.3, -0.25) is 9.59 Å². The van der Waals surface area contributed by atoms with E-state index in [1.165, 1.54) is 13.8 Å². The fourth-order valence-electron chi connectivity index (χ4n) is 2.74. The number of aliphatic hydroxyl groups is 3. The van der Waals surface area contributed by atoms with Crippen LogP contribution in [-0.2, 0) is 28.6 Å². The Labute approximate surface area is 132 Å². The number of hydrogen-bond donors (Lipinski definition) is 3. The molecule has 0 aromatic carbocycles. The van der Waals surface area contributed by atoms with Crippen LogP contribution in [0.25, 0.3) is 0 Å². The molecule has 0 amide bonds. The second-order valence-electron chi connectivity index (χ2n) is 6.04. The topological polar surface area (TPSA) is 140 Å². The Kier molecular flexibility index (Phi) is 4.40. The van der Waals surface area contributed by atoms with Crippen molar-refractivity contribution in [3.8, 4) is 0 Å². The van der Waals surface area contributed by atoms with E-state index in [4.69, 9.17) is 14.2 Å². The van der Waals surface area contributed by atoms with Crippen LogP contribution < -0.4 is 0 Å². The van der Waals surface area contributed by atoms with Crippen molar-refractivity contribution < 1.29 is 43.9 Å². The predicted molar refractivity (Wildman–Crippen MR) is 71.3 cm³/mol. The zero-order chi connectivity index (χ0) is 17.5. The van der Waals surface area contributed by atoms with Crippen LogP contribution in [-0.4, -0.2) is 56.5 Å². The zero-order valence-electron chi connectivity index (χ0n) is 12.9. The zero-order valence-corrected chi connectivity index (χ0v) is 12.9. The molecule has 2 bridgehead atoms. The molecule has 3 N–H and O–H groups in total. The van der Waals surface area contributed by atoms with Crippen LogP contribution in [0.5, 0.6) is 0 Å². The number of aliphatic hydroxyl groups excluding tert-OH is 1. The van der Waals surface area contributed by atoms with Gasteiger partial charge in [0, 0.05) is 6.42 Å². The lowest BCUT2D eigenvalue weighted by atomic mass is 9.88. The lowest BCUT2D eigenvalue weighted by molar-refractivity contribution is -0.396. The van der Waals surface area contributed by atoms with E-state index in [0.717, 1.165) is 0 Å². The van der Waals surface area contributed by atoms with Gasteiger partial charge in [0.25, 0.3) is 0 Å². The van der Waals surface area contributed by atoms with Crippen LogP contribution >= 0.6 is 0 Å². The number of esters is 3. The van der Waals surface area contributed by atoms with Crippen molar-refractivity contribution in [1.82, 2.24) is 0 Å². The van der Waals surface area contributed by atoms with Crippen molar-refractivity contribution in [2.75, 3.05) is 0 Å². The first kappa shape index (κ1) is 17.6. The molecule has 0 aliphatic carbocycles. The third-order valence-corrected chi connectivity index (χ3v) is 4.16. The van der Waals surface area contributed by atoms with E-state index in [0.29, 0.717) is 0 Å². The van der Waals surface area contributed by atoms with Crippen molar-refractivity contribution in [3.63, 3.8) is 0 Å². The van der Waals surface area contributed by atoms with Crippen LogP contribution in [0, 0.1) is 0 Å². The summed E-state index contributed by atoms with van der Waals surface area (Å²) in [5.74, 6) is -6.29. The summed E-state index contributed by atoms with van der Waals surface area (Å²) in [5, 5.41) is 30.3. The molecule has 2 saturated heterocycles. The molecule has 0 aromatic rings. The molecule has 0 spiro atoms. The molecule has 2 heterocycles. The molecular weight excluding hydrogens is 312 g/mol. The molecular formula is C14H20O9. The molecule has 2 aliphatic rings. The van der Waals surface area contributed by atoms with Gasteiger partial charge in [0.15, 0.2) is 5.60 Å². The number of ether oxygens (including phenoxy) is 3. The second-order valence-corrected chi connectivity index (χ2v) is 6.04. The highest BCUT2D eigenvalue weighted by Gasteiger charge is 2.66. The molecule has 2 aliphatic heterocycles. The summed E-state index contributed by atoms with van der Waals surface area (Å²) in [6, 6.07) is 0. The summed E-state index contributed by atoms with van der Waals surface area (Å²) >= 11 is 0. The monoisotopic (exact) mass is 332 g/mol. The number of cyclic esters (lactones) is 1. The average molecular weight is 332 g/mol. The van der Waals surface area contributed by atoms with Crippen LogP contribution in [0.4, 0.5) is 0 Å². The summed E-state index contributed by atoms with van der Waals surface area (Å²) in [6.45, 7) is 3.02. The van der Waals surface area contributed by atoms with E-state index in [1.807, 2.05) is 0 Å². The maximum atomic E-state index is 12.1. The molecule has 2 fully saturated rings. The Morgan fingerprint density at radius 2 is 1.65 bits per heavy atom. The van der Waals surface area contributed by atoms with Gasteiger partial charge in [-0.15, -0.1) is 0 Å². The number of carbonyl (C=O) groups is 3. The van der Waals surface area contributed by atoms with Crippen molar-refractivity contribution in [2.24, 2.45) is 0 Å². The molecule has 9 heteroatoms. The first-order chi connectivity index (χ1) is 10.6. The highest BCUT2D eigenvalue weighted by Crippen LogP contribution is 2.43. The first-order valence-corrected chi connectivity index (χ1v) is 7.36. The number of fused-ring (bicyclic) bond motifs is 3. The van der Waals surface area contributed by atoms with Gasteiger partial charge in [0.2, 0.25) is 5.60 Å². The summed E-state index contributed by atoms with van der Waals surface area (Å²) in [6.07, 6.45) is -2.51. The number of rotatable bonds is 4.